The van der Waals surface area contributed by atoms with Gasteiger partial charge in [0.2, 0.25) is 11.8 Å². The van der Waals surface area contributed by atoms with Gasteiger partial charge in [-0.15, -0.1) is 0 Å². The lowest BCUT2D eigenvalue weighted by Gasteiger charge is -2.42. The van der Waals surface area contributed by atoms with Gasteiger partial charge in [-0.2, -0.15) is 0 Å². The second-order valence-electron chi connectivity index (χ2n) is 10.1. The van der Waals surface area contributed by atoms with Crippen LogP contribution in [0.25, 0.3) is 11.1 Å². The van der Waals surface area contributed by atoms with Crippen LogP contribution in [0.3, 0.4) is 0 Å². The number of alkyl carbamates (subject to hydrolysis) is 1. The van der Waals surface area contributed by atoms with Crippen molar-refractivity contribution in [3.63, 3.8) is 0 Å². The highest BCUT2D eigenvalue weighted by atomic mass is 16.5. The molecule has 0 radical (unpaired) electrons. The second-order valence-corrected chi connectivity index (χ2v) is 10.1. The van der Waals surface area contributed by atoms with E-state index in [4.69, 9.17) is 9.47 Å². The number of carboxylic acids is 1. The molecule has 2 saturated heterocycles. The summed E-state index contributed by atoms with van der Waals surface area (Å²) >= 11 is 0. The number of esters is 1. The van der Waals surface area contributed by atoms with Crippen LogP contribution >= 0.6 is 0 Å². The van der Waals surface area contributed by atoms with Crippen molar-refractivity contribution in [2.75, 3.05) is 19.8 Å². The van der Waals surface area contributed by atoms with Crippen molar-refractivity contribution in [2.45, 2.75) is 42.8 Å². The van der Waals surface area contributed by atoms with Crippen molar-refractivity contribution in [1.29, 1.82) is 0 Å². The maximum Gasteiger partial charge on any atom is 0.407 e. The smallest absolute Gasteiger partial charge is 0.407 e. The van der Waals surface area contributed by atoms with Crippen LogP contribution in [0.15, 0.2) is 61.2 Å². The average molecular weight is 548 g/mol. The van der Waals surface area contributed by atoms with Crippen molar-refractivity contribution >= 4 is 29.8 Å². The number of benzene rings is 2. The zero-order valence-electron chi connectivity index (χ0n) is 21.6. The predicted octanol–water partition coefficient (Wildman–Crippen LogP) is 1.96. The molecule has 2 heterocycles. The van der Waals surface area contributed by atoms with Crippen LogP contribution in [0, 0.1) is 0 Å². The van der Waals surface area contributed by atoms with Crippen LogP contribution in [0.5, 0.6) is 0 Å². The Morgan fingerprint density at radius 3 is 2.35 bits per heavy atom. The molecule has 0 spiro atoms. The number of piperazine rings is 1. The Labute approximate surface area is 230 Å². The van der Waals surface area contributed by atoms with E-state index in [0.717, 1.165) is 27.2 Å². The Morgan fingerprint density at radius 2 is 1.73 bits per heavy atom. The largest absolute Gasteiger partial charge is 0.481 e. The van der Waals surface area contributed by atoms with Crippen LogP contribution in [0.1, 0.15) is 36.3 Å². The first-order valence-electron chi connectivity index (χ1n) is 13.0. The van der Waals surface area contributed by atoms with Crippen LogP contribution in [-0.2, 0) is 28.7 Å². The fourth-order valence-electron chi connectivity index (χ4n) is 5.95. The molecule has 3 aliphatic rings. The average Bonchev–Trinajstić information content (AvgIpc) is 3.45. The van der Waals surface area contributed by atoms with Gasteiger partial charge in [-0.3, -0.25) is 19.2 Å². The molecule has 40 heavy (non-hydrogen) atoms. The van der Waals surface area contributed by atoms with Crippen molar-refractivity contribution in [3.8, 4) is 11.1 Å². The minimum absolute atomic E-state index is 0.0491. The molecule has 0 unspecified atom stereocenters. The van der Waals surface area contributed by atoms with Gasteiger partial charge < -0.3 is 30.1 Å². The van der Waals surface area contributed by atoms with Gasteiger partial charge in [0.25, 0.3) is 0 Å². The van der Waals surface area contributed by atoms with Gasteiger partial charge in [0.15, 0.2) is 0 Å². The molecule has 3 atom stereocenters. The second kappa shape index (κ2) is 10.8. The van der Waals surface area contributed by atoms with Gasteiger partial charge in [0, 0.05) is 18.9 Å². The molecule has 11 nitrogen and oxygen atoms in total. The fourth-order valence-corrected chi connectivity index (χ4v) is 5.95. The summed E-state index contributed by atoms with van der Waals surface area (Å²) in [5.74, 6) is -3.46. The van der Waals surface area contributed by atoms with E-state index < -0.39 is 60.3 Å². The quantitative estimate of drug-likeness (QED) is 0.318. The van der Waals surface area contributed by atoms with E-state index in [1.54, 1.807) is 0 Å². The van der Waals surface area contributed by atoms with Crippen LogP contribution in [0.4, 0.5) is 4.79 Å². The number of hydrogen-bond acceptors (Lipinski definition) is 7. The zero-order valence-corrected chi connectivity index (χ0v) is 21.6. The fraction of sp³-hybridized carbons (Fsp3) is 0.345. The summed E-state index contributed by atoms with van der Waals surface area (Å²) < 4.78 is 10.5. The minimum Gasteiger partial charge on any atom is -0.481 e. The molecule has 1 aliphatic carbocycles. The third kappa shape index (κ3) is 4.90. The number of rotatable bonds is 9. The van der Waals surface area contributed by atoms with E-state index in [1.807, 2.05) is 48.5 Å². The van der Waals surface area contributed by atoms with Crippen LogP contribution in [-0.4, -0.2) is 77.2 Å². The monoisotopic (exact) mass is 547 g/mol. The highest BCUT2D eigenvalue weighted by Crippen LogP contribution is 2.44. The number of aliphatic carboxylic acids is 1. The van der Waals surface area contributed by atoms with E-state index in [9.17, 15) is 29.1 Å². The lowest BCUT2D eigenvalue weighted by molar-refractivity contribution is -0.161. The maximum absolute atomic E-state index is 13.3. The molecule has 2 fully saturated rings. The lowest BCUT2D eigenvalue weighted by Crippen LogP contribution is -2.69. The SMILES string of the molecule is C=CCOC(=O)C[C@@H]1NC(=O)[C@@]2(CC(=O)O)C[C@H](NC(=O)OCC3c4ccccc4-c4ccccc43)CN2C1=O. The van der Waals surface area contributed by atoms with Crippen molar-refractivity contribution < 1.29 is 38.6 Å². The van der Waals surface area contributed by atoms with E-state index in [0.29, 0.717) is 0 Å². The Balaban J connectivity index is 1.26. The standard InChI is InChI=1S/C29H29N3O8/c1-2-11-39-25(35)12-23-26(36)32-15-17(13-29(32,14-24(33)34)27(37)31-23)30-28(38)40-16-22-20-9-5-3-7-18(20)19-8-4-6-10-21(19)22/h2-10,17,22-23H,1,11-16H2,(H,30,38)(H,31,37)(H,33,34)/t17-,23-,29-/m0/s1. The highest BCUT2D eigenvalue weighted by molar-refractivity contribution is 6.03. The number of fused-ring (bicyclic) bond motifs is 4. The maximum atomic E-state index is 13.3. The normalized spacial score (nSPS) is 22.9. The van der Waals surface area contributed by atoms with E-state index in [-0.39, 0.29) is 32.1 Å². The minimum atomic E-state index is -1.70. The molecule has 0 saturated carbocycles. The number of ether oxygens (including phenoxy) is 2. The summed E-state index contributed by atoms with van der Waals surface area (Å²) in [7, 11) is 0. The lowest BCUT2D eigenvalue weighted by atomic mass is 9.86. The molecule has 2 aromatic carbocycles. The van der Waals surface area contributed by atoms with Gasteiger partial charge in [-0.1, -0.05) is 61.2 Å². The zero-order chi connectivity index (χ0) is 28.4. The molecule has 3 N–H and O–H groups in total. The molecule has 2 aliphatic heterocycles. The molecule has 2 aromatic rings. The van der Waals surface area contributed by atoms with Gasteiger partial charge in [-0.05, 0) is 22.3 Å². The Kier molecular flexibility index (Phi) is 7.29. The predicted molar refractivity (Wildman–Crippen MR) is 141 cm³/mol. The molecular weight excluding hydrogens is 518 g/mol. The van der Waals surface area contributed by atoms with Gasteiger partial charge in [0.1, 0.15) is 24.8 Å². The van der Waals surface area contributed by atoms with Crippen LogP contribution in [0.2, 0.25) is 0 Å². The topological polar surface area (TPSA) is 151 Å². The number of nitrogens with one attached hydrogen (secondary N) is 2. The summed E-state index contributed by atoms with van der Waals surface area (Å²) in [6.45, 7) is 3.37. The first-order chi connectivity index (χ1) is 19.2. The summed E-state index contributed by atoms with van der Waals surface area (Å²) in [6, 6.07) is 13.9. The number of amides is 3. The van der Waals surface area contributed by atoms with E-state index in [1.165, 1.54) is 6.08 Å². The van der Waals surface area contributed by atoms with Crippen molar-refractivity contribution in [1.82, 2.24) is 15.5 Å². The third-order valence-corrected chi connectivity index (χ3v) is 7.64. The summed E-state index contributed by atoms with van der Waals surface area (Å²) in [5.41, 5.74) is 2.57. The molecule has 11 heteroatoms. The van der Waals surface area contributed by atoms with Crippen molar-refractivity contribution in [3.05, 3.63) is 72.3 Å². The molecule has 3 amide bonds. The summed E-state index contributed by atoms with van der Waals surface area (Å²) in [5, 5.41) is 14.7. The van der Waals surface area contributed by atoms with Gasteiger partial charge >= 0.3 is 18.0 Å². The van der Waals surface area contributed by atoms with Gasteiger partial charge in [-0.25, -0.2) is 4.79 Å². The first kappa shape index (κ1) is 26.9. The number of nitrogens with zero attached hydrogens (tertiary/aromatic N) is 1. The van der Waals surface area contributed by atoms with Gasteiger partial charge in [0.05, 0.1) is 18.9 Å². The Hall–Kier alpha value is -4.67. The molecule has 5 rings (SSSR count). The number of hydrogen-bond donors (Lipinski definition) is 3. The van der Waals surface area contributed by atoms with Crippen molar-refractivity contribution in [2.24, 2.45) is 0 Å². The summed E-state index contributed by atoms with van der Waals surface area (Å²) in [6.07, 6.45) is -0.551. The number of carboxylic acid groups (broad SMARTS) is 1. The number of carbonyl (C=O) groups excluding carboxylic acids is 4. The Morgan fingerprint density at radius 1 is 1.07 bits per heavy atom. The third-order valence-electron chi connectivity index (χ3n) is 7.64. The molecule has 0 bridgehead atoms. The number of carbonyl (C=O) groups is 5. The van der Waals surface area contributed by atoms with E-state index in [2.05, 4.69) is 17.2 Å². The molecular formula is C29H29N3O8. The molecule has 0 aromatic heterocycles. The highest BCUT2D eigenvalue weighted by Gasteiger charge is 2.59. The summed E-state index contributed by atoms with van der Waals surface area (Å²) in [4.78, 5) is 64.2. The molecule has 208 valence electrons. The van der Waals surface area contributed by atoms with Crippen LogP contribution < -0.4 is 10.6 Å². The van der Waals surface area contributed by atoms with E-state index >= 15 is 0 Å². The Bertz CT molecular complexity index is 1350. The first-order valence-corrected chi connectivity index (χ1v) is 13.0.